The van der Waals surface area contributed by atoms with Gasteiger partial charge in [-0.1, -0.05) is 30.3 Å². The summed E-state index contributed by atoms with van der Waals surface area (Å²) in [4.78, 5) is 16.6. The van der Waals surface area contributed by atoms with E-state index in [9.17, 15) is 17.6 Å². The Morgan fingerprint density at radius 1 is 1.07 bits per heavy atom. The van der Waals surface area contributed by atoms with Crippen molar-refractivity contribution in [3.63, 3.8) is 0 Å². The van der Waals surface area contributed by atoms with E-state index in [4.69, 9.17) is 0 Å². The first kappa shape index (κ1) is 22.4. The maximum Gasteiger partial charge on any atom is 0.240 e. The number of hydrogen-bond acceptors (Lipinski definition) is 4. The number of carbonyl (C=O) groups excluding carboxylic acids is 1. The van der Waals surface area contributed by atoms with E-state index in [-0.39, 0.29) is 29.6 Å². The quantitative estimate of drug-likeness (QED) is 0.728. The molecule has 1 aliphatic rings. The van der Waals surface area contributed by atoms with Gasteiger partial charge in [0.15, 0.2) is 0 Å². The molecule has 1 fully saturated rings. The summed E-state index contributed by atoms with van der Waals surface area (Å²) >= 11 is 0. The number of hydrogen-bond donors (Lipinski definition) is 1. The maximum atomic E-state index is 13.8. The van der Waals surface area contributed by atoms with Gasteiger partial charge < -0.3 is 4.90 Å². The number of amides is 1. The molecule has 0 aliphatic carbocycles. The van der Waals surface area contributed by atoms with Crippen molar-refractivity contribution in [3.05, 3.63) is 65.0 Å². The van der Waals surface area contributed by atoms with Crippen LogP contribution in [0.25, 0.3) is 0 Å². The van der Waals surface area contributed by atoms with E-state index < -0.39 is 10.0 Å². The molecule has 0 spiro atoms. The third kappa shape index (κ3) is 5.65. The van der Waals surface area contributed by atoms with Crippen molar-refractivity contribution in [2.45, 2.75) is 31.7 Å². The first-order chi connectivity index (χ1) is 14.3. The van der Waals surface area contributed by atoms with Crippen LogP contribution in [0.15, 0.2) is 47.4 Å². The van der Waals surface area contributed by atoms with Crippen LogP contribution in [0.2, 0.25) is 0 Å². The molecule has 2 aromatic carbocycles. The fourth-order valence-corrected chi connectivity index (χ4v) is 4.91. The van der Waals surface area contributed by atoms with Gasteiger partial charge in [-0.3, -0.25) is 9.69 Å². The summed E-state index contributed by atoms with van der Waals surface area (Å²) in [5, 5.41) is 0. The molecular formula is C22H28FN3O3S. The number of nitrogens with zero attached hydrogens (tertiary/aromatic N) is 2. The summed E-state index contributed by atoms with van der Waals surface area (Å²) in [5.41, 5.74) is 2.19. The molecule has 0 aromatic heterocycles. The van der Waals surface area contributed by atoms with Gasteiger partial charge in [-0.25, -0.2) is 17.5 Å². The fourth-order valence-electron chi connectivity index (χ4n) is 3.55. The summed E-state index contributed by atoms with van der Waals surface area (Å²) in [6, 6.07) is 12.0. The van der Waals surface area contributed by atoms with Crippen molar-refractivity contribution in [2.75, 3.05) is 32.7 Å². The van der Waals surface area contributed by atoms with Crippen LogP contribution in [-0.2, 0) is 21.4 Å². The van der Waals surface area contributed by atoms with Gasteiger partial charge in [0.25, 0.3) is 0 Å². The van der Waals surface area contributed by atoms with Crippen LogP contribution in [0, 0.1) is 19.7 Å². The van der Waals surface area contributed by atoms with Crippen molar-refractivity contribution in [2.24, 2.45) is 0 Å². The number of piperazine rings is 1. The second kappa shape index (κ2) is 9.68. The van der Waals surface area contributed by atoms with Crippen LogP contribution in [0.1, 0.15) is 23.1 Å². The molecule has 0 atom stereocenters. The fraction of sp³-hybridized carbons (Fsp3) is 0.409. The lowest BCUT2D eigenvalue weighted by molar-refractivity contribution is -0.132. The zero-order valence-corrected chi connectivity index (χ0v) is 18.2. The van der Waals surface area contributed by atoms with Gasteiger partial charge in [-0.15, -0.1) is 0 Å². The molecule has 6 nitrogen and oxygen atoms in total. The number of carbonyl (C=O) groups is 1. The Kier molecular flexibility index (Phi) is 7.23. The molecule has 1 aliphatic heterocycles. The average molecular weight is 434 g/mol. The van der Waals surface area contributed by atoms with Crippen molar-refractivity contribution < 1.29 is 17.6 Å². The number of benzene rings is 2. The third-order valence-electron chi connectivity index (χ3n) is 5.34. The molecule has 0 radical (unpaired) electrons. The van der Waals surface area contributed by atoms with Gasteiger partial charge in [0.1, 0.15) is 5.82 Å². The van der Waals surface area contributed by atoms with Crippen molar-refractivity contribution in [3.8, 4) is 0 Å². The first-order valence-corrected chi connectivity index (χ1v) is 11.5. The second-order valence-corrected chi connectivity index (χ2v) is 9.40. The minimum atomic E-state index is -3.65. The van der Waals surface area contributed by atoms with Crippen LogP contribution < -0.4 is 4.72 Å². The van der Waals surface area contributed by atoms with Crippen LogP contribution in [0.4, 0.5) is 4.39 Å². The number of nitrogens with one attached hydrogen (secondary N) is 1. The number of aryl methyl sites for hydroxylation is 2. The first-order valence-electron chi connectivity index (χ1n) is 10.1. The van der Waals surface area contributed by atoms with Crippen molar-refractivity contribution >= 4 is 15.9 Å². The van der Waals surface area contributed by atoms with E-state index >= 15 is 0 Å². The molecule has 8 heteroatoms. The Morgan fingerprint density at radius 3 is 2.47 bits per heavy atom. The molecule has 30 heavy (non-hydrogen) atoms. The standard InChI is InChI=1S/C22H28FN3O3S/c1-17-7-8-18(2)21(15-17)30(28,29)24-10-9-22(27)26-13-11-25(12-14-26)16-19-5-3-4-6-20(19)23/h3-8,15,24H,9-14,16H2,1-2H3. The Hall–Kier alpha value is -2.29. The highest BCUT2D eigenvalue weighted by Crippen LogP contribution is 2.17. The van der Waals surface area contributed by atoms with Crippen LogP contribution in [0.3, 0.4) is 0 Å². The summed E-state index contributed by atoms with van der Waals surface area (Å²) in [6.45, 7) is 6.60. The monoisotopic (exact) mass is 433 g/mol. The Labute approximate surface area is 177 Å². The highest BCUT2D eigenvalue weighted by molar-refractivity contribution is 7.89. The van der Waals surface area contributed by atoms with E-state index in [0.29, 0.717) is 43.9 Å². The molecule has 1 heterocycles. The van der Waals surface area contributed by atoms with Gasteiger partial charge in [0.2, 0.25) is 15.9 Å². The van der Waals surface area contributed by atoms with Crippen LogP contribution in [0.5, 0.6) is 0 Å². The SMILES string of the molecule is Cc1ccc(C)c(S(=O)(=O)NCCC(=O)N2CCN(Cc3ccccc3F)CC2)c1. The molecular weight excluding hydrogens is 405 g/mol. The molecule has 2 aromatic rings. The van der Waals surface area contributed by atoms with Gasteiger partial charge in [-0.2, -0.15) is 0 Å². The molecule has 0 bridgehead atoms. The normalized spacial score (nSPS) is 15.4. The van der Waals surface area contributed by atoms with E-state index in [1.807, 2.05) is 19.1 Å². The minimum absolute atomic E-state index is 0.0595. The summed E-state index contributed by atoms with van der Waals surface area (Å²) in [6.07, 6.45) is 0.109. The Morgan fingerprint density at radius 2 is 1.77 bits per heavy atom. The average Bonchev–Trinajstić information content (AvgIpc) is 2.72. The minimum Gasteiger partial charge on any atom is -0.340 e. The van der Waals surface area contributed by atoms with E-state index in [1.54, 1.807) is 36.1 Å². The Balaban J connectivity index is 1.46. The Bertz CT molecular complexity index is 1000. The predicted molar refractivity (Wildman–Crippen MR) is 114 cm³/mol. The zero-order valence-electron chi connectivity index (χ0n) is 17.4. The topological polar surface area (TPSA) is 69.7 Å². The molecule has 162 valence electrons. The smallest absolute Gasteiger partial charge is 0.240 e. The largest absolute Gasteiger partial charge is 0.340 e. The van der Waals surface area contributed by atoms with Crippen LogP contribution >= 0.6 is 0 Å². The predicted octanol–water partition coefficient (Wildman–Crippen LogP) is 2.46. The second-order valence-electron chi connectivity index (χ2n) is 7.67. The van der Waals surface area contributed by atoms with Crippen molar-refractivity contribution in [1.29, 1.82) is 0 Å². The highest BCUT2D eigenvalue weighted by Gasteiger charge is 2.22. The molecule has 0 saturated carbocycles. The summed E-state index contributed by atoms with van der Waals surface area (Å²) in [7, 11) is -3.65. The van der Waals surface area contributed by atoms with Gasteiger partial charge in [0, 0.05) is 51.3 Å². The molecule has 1 amide bonds. The molecule has 3 rings (SSSR count). The van der Waals surface area contributed by atoms with Crippen molar-refractivity contribution in [1.82, 2.24) is 14.5 Å². The number of sulfonamides is 1. The molecule has 0 unspecified atom stereocenters. The lowest BCUT2D eigenvalue weighted by Gasteiger charge is -2.34. The van der Waals surface area contributed by atoms with E-state index in [0.717, 1.165) is 5.56 Å². The number of rotatable bonds is 7. The molecule has 1 N–H and O–H groups in total. The van der Waals surface area contributed by atoms with Gasteiger partial charge >= 0.3 is 0 Å². The number of halogens is 1. The highest BCUT2D eigenvalue weighted by atomic mass is 32.2. The van der Waals surface area contributed by atoms with Gasteiger partial charge in [0.05, 0.1) is 4.90 Å². The third-order valence-corrected chi connectivity index (χ3v) is 6.94. The molecule has 1 saturated heterocycles. The lowest BCUT2D eigenvalue weighted by Crippen LogP contribution is -2.48. The summed E-state index contributed by atoms with van der Waals surface area (Å²) < 4.78 is 41.4. The summed E-state index contributed by atoms with van der Waals surface area (Å²) in [5.74, 6) is -0.295. The van der Waals surface area contributed by atoms with Crippen LogP contribution in [-0.4, -0.2) is 56.8 Å². The zero-order chi connectivity index (χ0) is 21.7. The maximum absolute atomic E-state index is 13.8. The van der Waals surface area contributed by atoms with Gasteiger partial charge in [-0.05, 0) is 37.1 Å². The van der Waals surface area contributed by atoms with E-state index in [2.05, 4.69) is 9.62 Å². The van der Waals surface area contributed by atoms with E-state index in [1.165, 1.54) is 6.07 Å². The lowest BCUT2D eigenvalue weighted by atomic mass is 10.2.